The first kappa shape index (κ1) is 42.0. The molecule has 0 aliphatic carbocycles. The van der Waals surface area contributed by atoms with Gasteiger partial charge in [0.2, 0.25) is 0 Å². The fourth-order valence-electron chi connectivity index (χ4n) is 14.7. The molecular weight excluding hydrogens is 1050 g/mol. The van der Waals surface area contributed by atoms with E-state index in [1.165, 1.54) is 0 Å². The maximum Gasteiger partial charge on any atom is 0.252 e. The van der Waals surface area contributed by atoms with E-state index in [1.54, 1.807) is 4.57 Å². The van der Waals surface area contributed by atoms with Gasteiger partial charge in [-0.2, -0.15) is 0 Å². The van der Waals surface area contributed by atoms with Gasteiger partial charge in [-0.25, -0.2) is 0 Å². The average Bonchev–Trinajstić information content (AvgIpc) is 1.63. The van der Waals surface area contributed by atoms with Crippen molar-refractivity contribution >= 4 is 106 Å². The van der Waals surface area contributed by atoms with Gasteiger partial charge in [-0.1, -0.05) is 257 Å². The molecule has 87 heavy (non-hydrogen) atoms. The van der Waals surface area contributed by atoms with E-state index in [1.807, 2.05) is 6.07 Å². The minimum atomic E-state index is -0.492. The normalized spacial score (nSPS) is 14.0. The molecule has 3 aromatic heterocycles. The van der Waals surface area contributed by atoms with Gasteiger partial charge in [-0.3, -0.25) is 0 Å². The predicted molar refractivity (Wildman–Crippen MR) is 370 cm³/mol. The van der Waals surface area contributed by atoms with Gasteiger partial charge in [0.15, 0.2) is 0 Å². The summed E-state index contributed by atoms with van der Waals surface area (Å²) < 4.78 is 78.9. The maximum absolute atomic E-state index is 9.74. The Kier molecular flexibility index (Phi) is 9.08. The molecule has 5 heteroatoms. The number of rotatable bonds is 7. The molecule has 0 spiro atoms. The van der Waals surface area contributed by atoms with Gasteiger partial charge < -0.3 is 19.0 Å². The van der Waals surface area contributed by atoms with E-state index in [2.05, 4.69) is 266 Å². The van der Waals surface area contributed by atoms with Gasteiger partial charge in [0.25, 0.3) is 6.71 Å². The Labute approximate surface area is 516 Å². The number of hydrogen-bond donors (Lipinski definition) is 1. The largest absolute Gasteiger partial charge is 0.354 e. The van der Waals surface area contributed by atoms with Crippen LogP contribution in [-0.2, 0) is 5.41 Å². The maximum atomic E-state index is 9.74. The number of para-hydroxylation sites is 5. The van der Waals surface area contributed by atoms with Crippen LogP contribution in [0.3, 0.4) is 0 Å². The lowest BCUT2D eigenvalue weighted by Crippen LogP contribution is -2.60. The second-order valence-corrected chi connectivity index (χ2v) is 24.2. The third-order valence-corrected chi connectivity index (χ3v) is 18.4. The second kappa shape index (κ2) is 18.8. The Morgan fingerprint density at radius 1 is 0.391 bits per heavy atom. The van der Waals surface area contributed by atoms with E-state index in [4.69, 9.17) is 2.74 Å². The van der Waals surface area contributed by atoms with E-state index < -0.39 is 30.9 Å². The van der Waals surface area contributed by atoms with Crippen molar-refractivity contribution in [2.45, 2.75) is 26.2 Å². The van der Waals surface area contributed by atoms with Gasteiger partial charge in [0.1, 0.15) is 0 Å². The van der Waals surface area contributed by atoms with Crippen LogP contribution in [0, 0.1) is 0 Å². The number of nitrogens with one attached hydrogen (secondary N) is 1. The molecule has 0 saturated heterocycles. The zero-order valence-corrected chi connectivity index (χ0v) is 47.9. The zero-order valence-electron chi connectivity index (χ0n) is 55.9. The first-order valence-corrected chi connectivity index (χ1v) is 29.8. The second-order valence-electron chi connectivity index (χ2n) is 24.2. The van der Waals surface area contributed by atoms with E-state index >= 15 is 0 Å². The fourth-order valence-corrected chi connectivity index (χ4v) is 14.7. The SMILES string of the molecule is [2H]c1c([2H])c([2H])c2c(c1[2H])c1c([2H])c([2H])c([2H])c([2H])c1n2-c1ccc2c(c1)N(c1c(-c3ccccc3)cc(C(C)(C)C)cc1-c1ccccc1)c1c3c(cc4[nH]c5c(-c6ccccc6-c6ccccc6-c6ccccc6)cccc5c14)-n1c4ccccc4c4cccc(c41)B23. The van der Waals surface area contributed by atoms with Crippen molar-refractivity contribution in [1.82, 2.24) is 14.1 Å². The van der Waals surface area contributed by atoms with Gasteiger partial charge in [-0.15, -0.1) is 0 Å². The molecule has 2 aliphatic rings. The van der Waals surface area contributed by atoms with Crippen LogP contribution in [0.4, 0.5) is 17.1 Å². The number of aromatic amines is 1. The molecule has 16 aromatic rings. The monoisotopic (exact) mass is 1120 g/mol. The standard InChI is InChI=1S/C82H57BN4/c1-82(2,3)54-47-66(52-27-9-5-10-28-52)79(67(48-54)53-29-11-6-12-30-53)87-74-49-55(85-71-42-20-17-35-60(71)61-36-18-21-43-72(61)85)45-46-68(74)83-69-41-24-39-64-62-37-19-22-44-73(62)86(80(64)69)75-50-70-76(81(87)77(75)83)65-40-23-38-63(78(65)84-70)59-34-16-15-33-58(59)57-32-14-13-31-56(57)51-25-7-4-8-26-51/h4-50,84H,1-3H3/i17D,18D,20D,21D,35D,36D,42D,43D. The summed E-state index contributed by atoms with van der Waals surface area (Å²) >= 11 is 0. The van der Waals surface area contributed by atoms with E-state index in [0.717, 1.165) is 144 Å². The van der Waals surface area contributed by atoms with Crippen LogP contribution in [0.1, 0.15) is 37.3 Å². The molecule has 13 aromatic carbocycles. The molecule has 0 amide bonds. The van der Waals surface area contributed by atoms with Crippen molar-refractivity contribution in [2.75, 3.05) is 4.90 Å². The van der Waals surface area contributed by atoms with Crippen LogP contribution >= 0.6 is 0 Å². The van der Waals surface area contributed by atoms with Crippen LogP contribution in [0.15, 0.2) is 285 Å². The lowest BCUT2D eigenvalue weighted by Gasteiger charge is -2.42. The quantitative estimate of drug-likeness (QED) is 0.158. The molecule has 408 valence electrons. The number of H-pyrrole nitrogens is 1. The van der Waals surface area contributed by atoms with Crippen molar-refractivity contribution in [3.8, 4) is 67.0 Å². The Morgan fingerprint density at radius 2 is 0.920 bits per heavy atom. The number of fused-ring (bicyclic) bond motifs is 14. The zero-order chi connectivity index (χ0) is 64.6. The lowest BCUT2D eigenvalue weighted by molar-refractivity contribution is 0.591. The molecule has 0 fully saturated rings. The number of anilines is 3. The summed E-state index contributed by atoms with van der Waals surface area (Å²) in [5.41, 5.74) is 22.8. The third kappa shape index (κ3) is 7.27. The molecule has 0 atom stereocenters. The molecule has 2 aliphatic heterocycles. The summed E-state index contributed by atoms with van der Waals surface area (Å²) in [7, 11) is 0. The predicted octanol–water partition coefficient (Wildman–Crippen LogP) is 19.8. The highest BCUT2D eigenvalue weighted by Gasteiger charge is 2.45. The molecule has 1 N–H and O–H groups in total. The van der Waals surface area contributed by atoms with Crippen LogP contribution in [0.2, 0.25) is 0 Å². The summed E-state index contributed by atoms with van der Waals surface area (Å²) in [6.07, 6.45) is 0. The summed E-state index contributed by atoms with van der Waals surface area (Å²) in [4.78, 5) is 6.66. The summed E-state index contributed by atoms with van der Waals surface area (Å²) in [5, 5.41) is 4.30. The van der Waals surface area contributed by atoms with Gasteiger partial charge in [0.05, 0.1) is 49.9 Å². The smallest absolute Gasteiger partial charge is 0.252 e. The lowest BCUT2D eigenvalue weighted by atomic mass is 9.33. The van der Waals surface area contributed by atoms with E-state index in [-0.39, 0.29) is 51.4 Å². The summed E-state index contributed by atoms with van der Waals surface area (Å²) in [5.74, 6) is 0. The Hall–Kier alpha value is -10.9. The van der Waals surface area contributed by atoms with Crippen LogP contribution < -0.4 is 21.3 Å². The van der Waals surface area contributed by atoms with E-state index in [9.17, 15) is 8.22 Å². The Balaban J connectivity index is 1.05. The Bertz CT molecular complexity index is 5870. The van der Waals surface area contributed by atoms with Gasteiger partial charge >= 0.3 is 0 Å². The van der Waals surface area contributed by atoms with E-state index in [0.29, 0.717) is 5.69 Å². The number of hydrogen-bond acceptors (Lipinski definition) is 1. The highest BCUT2D eigenvalue weighted by Crippen LogP contribution is 2.54. The first-order valence-electron chi connectivity index (χ1n) is 33.8. The highest BCUT2D eigenvalue weighted by molar-refractivity contribution is 7.00. The van der Waals surface area contributed by atoms with Crippen molar-refractivity contribution in [3.63, 3.8) is 0 Å². The number of nitrogens with zero attached hydrogens (tertiary/aromatic N) is 3. The molecule has 0 unspecified atom stereocenters. The fraction of sp³-hybridized carbons (Fsp3) is 0.0488. The first-order chi connectivity index (χ1) is 46.2. The van der Waals surface area contributed by atoms with Crippen molar-refractivity contribution in [3.05, 3.63) is 290 Å². The van der Waals surface area contributed by atoms with Crippen molar-refractivity contribution in [2.24, 2.45) is 0 Å². The molecular formula is C82H57BN4. The van der Waals surface area contributed by atoms with Gasteiger partial charge in [0, 0.05) is 71.6 Å². The van der Waals surface area contributed by atoms with Gasteiger partial charge in [-0.05, 0) is 115 Å². The highest BCUT2D eigenvalue weighted by atomic mass is 15.2. The molecule has 5 heterocycles. The average molecular weight is 1120 g/mol. The minimum Gasteiger partial charge on any atom is -0.354 e. The summed E-state index contributed by atoms with van der Waals surface area (Å²) in [6, 6.07) is 81.0. The number of benzene rings is 13. The van der Waals surface area contributed by atoms with Crippen molar-refractivity contribution in [1.29, 1.82) is 0 Å². The van der Waals surface area contributed by atoms with Crippen LogP contribution in [0.5, 0.6) is 0 Å². The molecule has 0 saturated carbocycles. The third-order valence-electron chi connectivity index (χ3n) is 18.4. The van der Waals surface area contributed by atoms with Crippen LogP contribution in [-0.4, -0.2) is 20.8 Å². The van der Waals surface area contributed by atoms with Crippen LogP contribution in [0.25, 0.3) is 132 Å². The molecule has 0 radical (unpaired) electrons. The molecule has 18 rings (SSSR count). The number of aromatic nitrogens is 3. The molecule has 0 bridgehead atoms. The minimum absolute atomic E-state index is 0.0197. The Morgan fingerprint density at radius 3 is 1.57 bits per heavy atom. The van der Waals surface area contributed by atoms with Crippen molar-refractivity contribution < 1.29 is 11.0 Å². The topological polar surface area (TPSA) is 28.9 Å². The molecule has 4 nitrogen and oxygen atoms in total. The summed E-state index contributed by atoms with van der Waals surface area (Å²) in [6.45, 7) is 6.38.